The van der Waals surface area contributed by atoms with Crippen LogP contribution in [-0.2, 0) is 0 Å². The van der Waals surface area contributed by atoms with Gasteiger partial charge in [0.05, 0.1) is 17.9 Å². The zero-order chi connectivity index (χ0) is 13.9. The molecule has 0 saturated heterocycles. The van der Waals surface area contributed by atoms with Crippen molar-refractivity contribution in [2.75, 3.05) is 0 Å². The molecule has 0 spiro atoms. The molecule has 7 heteroatoms. The molecule has 1 aromatic carbocycles. The predicted molar refractivity (Wildman–Crippen MR) is 72.7 cm³/mol. The van der Waals surface area contributed by atoms with Crippen molar-refractivity contribution in [2.45, 2.75) is 10.1 Å². The molecule has 0 bridgehead atoms. The molecule has 98 valence electrons. The SMILES string of the molecule is O=C(O)c1cnc(Sc2ncnc3ccccc23)cn1. The molecule has 0 saturated carbocycles. The second-order valence-electron chi connectivity index (χ2n) is 3.84. The van der Waals surface area contributed by atoms with E-state index in [0.29, 0.717) is 5.03 Å². The third-order valence-corrected chi connectivity index (χ3v) is 3.49. The first-order chi connectivity index (χ1) is 9.74. The van der Waals surface area contributed by atoms with Crippen LogP contribution in [0.25, 0.3) is 10.9 Å². The summed E-state index contributed by atoms with van der Waals surface area (Å²) >= 11 is 1.32. The van der Waals surface area contributed by atoms with Gasteiger partial charge in [-0.15, -0.1) is 0 Å². The number of hydrogen-bond acceptors (Lipinski definition) is 6. The second kappa shape index (κ2) is 5.22. The van der Waals surface area contributed by atoms with E-state index in [1.807, 2.05) is 24.3 Å². The Hall–Kier alpha value is -2.54. The van der Waals surface area contributed by atoms with Gasteiger partial charge in [0.2, 0.25) is 0 Å². The highest BCUT2D eigenvalue weighted by Gasteiger charge is 2.08. The minimum absolute atomic E-state index is 0.0816. The third kappa shape index (κ3) is 2.43. The van der Waals surface area contributed by atoms with Gasteiger partial charge >= 0.3 is 5.97 Å². The van der Waals surface area contributed by atoms with E-state index in [4.69, 9.17) is 5.11 Å². The van der Waals surface area contributed by atoms with Gasteiger partial charge in [0.25, 0.3) is 0 Å². The molecule has 3 aromatic rings. The molecule has 0 aliphatic rings. The number of para-hydroxylation sites is 1. The van der Waals surface area contributed by atoms with Crippen LogP contribution in [0.5, 0.6) is 0 Å². The first kappa shape index (κ1) is 12.5. The Morgan fingerprint density at radius 3 is 2.65 bits per heavy atom. The Balaban J connectivity index is 1.95. The van der Waals surface area contributed by atoms with Crippen LogP contribution in [0.2, 0.25) is 0 Å². The molecule has 0 unspecified atom stereocenters. The molecule has 0 aliphatic carbocycles. The second-order valence-corrected chi connectivity index (χ2v) is 4.85. The predicted octanol–water partition coefficient (Wildman–Crippen LogP) is 2.27. The summed E-state index contributed by atoms with van der Waals surface area (Å²) in [5.74, 6) is -1.10. The van der Waals surface area contributed by atoms with Gasteiger partial charge in [0.1, 0.15) is 16.4 Å². The van der Waals surface area contributed by atoms with Crippen LogP contribution in [0.4, 0.5) is 0 Å². The van der Waals surface area contributed by atoms with Crippen LogP contribution in [0.3, 0.4) is 0 Å². The summed E-state index contributed by atoms with van der Waals surface area (Å²) < 4.78 is 0. The highest BCUT2D eigenvalue weighted by molar-refractivity contribution is 7.99. The minimum atomic E-state index is -1.10. The molecule has 0 amide bonds. The van der Waals surface area contributed by atoms with Crippen LogP contribution >= 0.6 is 11.8 Å². The van der Waals surface area contributed by atoms with Gasteiger partial charge in [-0.3, -0.25) is 0 Å². The number of carboxylic acids is 1. The number of fused-ring (bicyclic) bond motifs is 1. The first-order valence-electron chi connectivity index (χ1n) is 5.67. The van der Waals surface area contributed by atoms with Gasteiger partial charge < -0.3 is 5.11 Å². The van der Waals surface area contributed by atoms with E-state index in [2.05, 4.69) is 19.9 Å². The average molecular weight is 284 g/mol. The number of carboxylic acid groups (broad SMARTS) is 1. The number of aromatic nitrogens is 4. The van der Waals surface area contributed by atoms with Crippen molar-refractivity contribution < 1.29 is 9.90 Å². The first-order valence-corrected chi connectivity index (χ1v) is 6.48. The molecule has 2 heterocycles. The van der Waals surface area contributed by atoms with Gasteiger partial charge in [-0.25, -0.2) is 24.7 Å². The Morgan fingerprint density at radius 1 is 1.05 bits per heavy atom. The summed E-state index contributed by atoms with van der Waals surface area (Å²) in [5.41, 5.74) is 0.766. The molecule has 0 aliphatic heterocycles. The van der Waals surface area contributed by atoms with Crippen molar-refractivity contribution in [3.63, 3.8) is 0 Å². The van der Waals surface area contributed by atoms with E-state index in [-0.39, 0.29) is 5.69 Å². The largest absolute Gasteiger partial charge is 0.476 e. The van der Waals surface area contributed by atoms with E-state index in [1.54, 1.807) is 0 Å². The lowest BCUT2D eigenvalue weighted by Gasteiger charge is -2.03. The van der Waals surface area contributed by atoms with Gasteiger partial charge in [0, 0.05) is 5.39 Å². The van der Waals surface area contributed by atoms with Crippen LogP contribution in [0, 0.1) is 0 Å². The number of hydrogen-bond donors (Lipinski definition) is 1. The van der Waals surface area contributed by atoms with Crippen molar-refractivity contribution in [1.82, 2.24) is 19.9 Å². The fourth-order valence-corrected chi connectivity index (χ4v) is 2.43. The van der Waals surface area contributed by atoms with Gasteiger partial charge in [-0.2, -0.15) is 0 Å². The summed E-state index contributed by atoms with van der Waals surface area (Å²) in [7, 11) is 0. The topological polar surface area (TPSA) is 88.9 Å². The fraction of sp³-hybridized carbons (Fsp3) is 0. The van der Waals surface area contributed by atoms with Crippen molar-refractivity contribution in [3.05, 3.63) is 48.7 Å². The molecule has 1 N–H and O–H groups in total. The smallest absolute Gasteiger partial charge is 0.356 e. The van der Waals surface area contributed by atoms with Crippen molar-refractivity contribution in [2.24, 2.45) is 0 Å². The van der Waals surface area contributed by atoms with Gasteiger partial charge in [-0.05, 0) is 17.8 Å². The lowest BCUT2D eigenvalue weighted by molar-refractivity contribution is 0.0689. The summed E-state index contributed by atoms with van der Waals surface area (Å²) in [6.45, 7) is 0. The van der Waals surface area contributed by atoms with Gasteiger partial charge in [-0.1, -0.05) is 18.2 Å². The average Bonchev–Trinajstić information content (AvgIpc) is 2.48. The maximum Gasteiger partial charge on any atom is 0.356 e. The molecule has 3 rings (SSSR count). The summed E-state index contributed by atoms with van der Waals surface area (Å²) in [6, 6.07) is 7.65. The van der Waals surface area contributed by atoms with Gasteiger partial charge in [0.15, 0.2) is 5.69 Å². The molecule has 6 nitrogen and oxygen atoms in total. The van der Waals surface area contributed by atoms with E-state index in [1.165, 1.54) is 30.5 Å². The zero-order valence-corrected chi connectivity index (χ0v) is 10.9. The molecule has 0 atom stereocenters. The molecule has 0 radical (unpaired) electrons. The van der Waals surface area contributed by atoms with Crippen LogP contribution in [0.1, 0.15) is 10.5 Å². The molecule has 20 heavy (non-hydrogen) atoms. The van der Waals surface area contributed by atoms with Crippen LogP contribution in [-0.4, -0.2) is 31.0 Å². The molecular weight excluding hydrogens is 276 g/mol. The zero-order valence-electron chi connectivity index (χ0n) is 10.1. The van der Waals surface area contributed by atoms with Crippen molar-refractivity contribution in [3.8, 4) is 0 Å². The molecule has 0 fully saturated rings. The minimum Gasteiger partial charge on any atom is -0.476 e. The Morgan fingerprint density at radius 2 is 1.90 bits per heavy atom. The maximum absolute atomic E-state index is 10.7. The normalized spacial score (nSPS) is 10.6. The Kier molecular flexibility index (Phi) is 3.26. The van der Waals surface area contributed by atoms with Crippen molar-refractivity contribution in [1.29, 1.82) is 0 Å². The number of aromatic carboxylic acids is 1. The standard InChI is InChI=1S/C13H8N4O2S/c18-13(19)10-5-15-11(6-14-10)20-12-8-3-1-2-4-9(8)16-7-17-12/h1-7H,(H,18,19). The Labute approximate surface area is 117 Å². The fourth-order valence-electron chi connectivity index (χ4n) is 1.64. The molecular formula is C13H8N4O2S. The van der Waals surface area contributed by atoms with E-state index < -0.39 is 5.97 Å². The van der Waals surface area contributed by atoms with E-state index in [0.717, 1.165) is 15.9 Å². The van der Waals surface area contributed by atoms with Crippen molar-refractivity contribution >= 4 is 28.6 Å². The summed E-state index contributed by atoms with van der Waals surface area (Å²) in [4.78, 5) is 27.0. The van der Waals surface area contributed by atoms with Crippen LogP contribution in [0.15, 0.2) is 53.0 Å². The number of carbonyl (C=O) groups is 1. The number of nitrogens with zero attached hydrogens (tertiary/aromatic N) is 4. The monoisotopic (exact) mass is 284 g/mol. The Bertz CT molecular complexity index is 771. The van der Waals surface area contributed by atoms with E-state index >= 15 is 0 Å². The highest BCUT2D eigenvalue weighted by atomic mass is 32.2. The maximum atomic E-state index is 10.7. The summed E-state index contributed by atoms with van der Waals surface area (Å²) in [6.07, 6.45) is 4.14. The van der Waals surface area contributed by atoms with E-state index in [9.17, 15) is 4.79 Å². The lowest BCUT2D eigenvalue weighted by Crippen LogP contribution is -2.00. The lowest BCUT2D eigenvalue weighted by atomic mass is 10.2. The number of benzene rings is 1. The van der Waals surface area contributed by atoms with Crippen LogP contribution < -0.4 is 0 Å². The summed E-state index contributed by atoms with van der Waals surface area (Å²) in [5, 5.41) is 11.0. The quantitative estimate of drug-likeness (QED) is 0.738. The highest BCUT2D eigenvalue weighted by Crippen LogP contribution is 2.28. The third-order valence-electron chi connectivity index (χ3n) is 2.55. The molecule has 2 aromatic heterocycles. The number of rotatable bonds is 3.